The van der Waals surface area contributed by atoms with Crippen LogP contribution < -0.4 is 14.2 Å². The van der Waals surface area contributed by atoms with Crippen molar-refractivity contribution in [3.8, 4) is 17.2 Å². The van der Waals surface area contributed by atoms with Gasteiger partial charge in [-0.1, -0.05) is 41.4 Å². The summed E-state index contributed by atoms with van der Waals surface area (Å²) in [6.45, 7) is 0. The second-order valence-electron chi connectivity index (χ2n) is 7.39. The van der Waals surface area contributed by atoms with E-state index in [-0.39, 0.29) is 6.04 Å². The van der Waals surface area contributed by atoms with Gasteiger partial charge in [0.25, 0.3) is 0 Å². The summed E-state index contributed by atoms with van der Waals surface area (Å²) < 4.78 is 17.6. The van der Waals surface area contributed by atoms with E-state index in [1.165, 1.54) is 0 Å². The van der Waals surface area contributed by atoms with Gasteiger partial charge in [-0.15, -0.1) is 0 Å². The molecule has 158 valence electrons. The number of hydrogen-bond donors (Lipinski definition) is 0. The van der Waals surface area contributed by atoms with Crippen molar-refractivity contribution in [2.75, 3.05) is 14.2 Å². The number of methoxy groups -OCH3 is 2. The molecule has 0 radical (unpaired) electrons. The fourth-order valence-corrected chi connectivity index (χ4v) is 4.49. The van der Waals surface area contributed by atoms with Crippen LogP contribution in [0.25, 0.3) is 0 Å². The Balaban J connectivity index is 1.64. The highest BCUT2D eigenvalue weighted by atomic mass is 35.5. The Bertz CT molecular complexity index is 1160. The summed E-state index contributed by atoms with van der Waals surface area (Å²) in [5.74, 6) is 2.05. The van der Waals surface area contributed by atoms with Crippen molar-refractivity contribution in [2.24, 2.45) is 5.10 Å². The molecule has 3 aromatic rings. The maximum absolute atomic E-state index is 6.44. The van der Waals surface area contributed by atoms with E-state index in [2.05, 4.69) is 0 Å². The summed E-state index contributed by atoms with van der Waals surface area (Å²) in [6, 6.07) is 19.2. The van der Waals surface area contributed by atoms with Crippen molar-refractivity contribution < 1.29 is 14.2 Å². The van der Waals surface area contributed by atoms with Gasteiger partial charge in [0.05, 0.1) is 31.5 Å². The zero-order valence-corrected chi connectivity index (χ0v) is 18.5. The maximum atomic E-state index is 6.44. The van der Waals surface area contributed by atoms with E-state index in [0.717, 1.165) is 34.6 Å². The van der Waals surface area contributed by atoms with Crippen molar-refractivity contribution in [3.63, 3.8) is 0 Å². The molecule has 0 N–H and O–H groups in total. The summed E-state index contributed by atoms with van der Waals surface area (Å²) in [5.41, 5.74) is 3.84. The molecule has 0 aromatic heterocycles. The van der Waals surface area contributed by atoms with Gasteiger partial charge in [0, 0.05) is 22.0 Å². The van der Waals surface area contributed by atoms with Crippen molar-refractivity contribution in [2.45, 2.75) is 18.7 Å². The summed E-state index contributed by atoms with van der Waals surface area (Å²) >= 11 is 12.4. The summed E-state index contributed by atoms with van der Waals surface area (Å²) in [5, 5.41) is 8.32. The van der Waals surface area contributed by atoms with E-state index >= 15 is 0 Å². The van der Waals surface area contributed by atoms with Gasteiger partial charge in [0.1, 0.15) is 5.75 Å². The molecule has 5 rings (SSSR count). The standard InChI is InChI=1S/C24H20Cl2N2O3/c1-29-22-5-3-4-17(23(22)30-2)24-28-20(18-12-16(26)10-11-21(18)31-24)13-19(27-28)14-6-8-15(25)9-7-14/h3-12,20,24H,13H2,1-2H3/t20-,24+/m1/s1. The Morgan fingerprint density at radius 3 is 2.45 bits per heavy atom. The van der Waals surface area contributed by atoms with Crippen molar-refractivity contribution >= 4 is 28.9 Å². The number of nitrogens with zero attached hydrogens (tertiary/aromatic N) is 2. The Hall–Kier alpha value is -2.89. The second kappa shape index (κ2) is 7.98. The summed E-state index contributed by atoms with van der Waals surface area (Å²) in [7, 11) is 3.25. The first-order valence-electron chi connectivity index (χ1n) is 9.88. The first-order valence-corrected chi connectivity index (χ1v) is 10.6. The predicted molar refractivity (Wildman–Crippen MR) is 122 cm³/mol. The molecule has 31 heavy (non-hydrogen) atoms. The van der Waals surface area contributed by atoms with Gasteiger partial charge in [-0.2, -0.15) is 5.10 Å². The van der Waals surface area contributed by atoms with Crippen LogP contribution in [0.1, 0.15) is 35.4 Å². The van der Waals surface area contributed by atoms with Crippen LogP contribution in [0.3, 0.4) is 0 Å². The van der Waals surface area contributed by atoms with Crippen LogP contribution in [-0.2, 0) is 0 Å². The van der Waals surface area contributed by atoms with Gasteiger partial charge in [0.2, 0.25) is 6.23 Å². The number of ether oxygens (including phenoxy) is 3. The van der Waals surface area contributed by atoms with E-state index < -0.39 is 6.23 Å². The highest BCUT2D eigenvalue weighted by molar-refractivity contribution is 6.31. The molecule has 2 heterocycles. The third kappa shape index (κ3) is 3.48. The maximum Gasteiger partial charge on any atom is 0.217 e. The first-order chi connectivity index (χ1) is 15.1. The normalized spacial score (nSPS) is 19.2. The summed E-state index contributed by atoms with van der Waals surface area (Å²) in [6.07, 6.45) is 0.245. The fourth-order valence-electron chi connectivity index (χ4n) is 4.19. The molecule has 2 aliphatic heterocycles. The SMILES string of the molecule is COc1cccc([C@@H]2Oc3ccc(Cl)cc3[C@H]3CC(c4ccc(Cl)cc4)=NN32)c1OC. The van der Waals surface area contributed by atoms with Crippen LogP contribution >= 0.6 is 23.2 Å². The lowest BCUT2D eigenvalue weighted by Crippen LogP contribution is -2.34. The number of para-hydroxylation sites is 1. The molecule has 0 unspecified atom stereocenters. The van der Waals surface area contributed by atoms with E-state index in [9.17, 15) is 0 Å². The molecule has 0 amide bonds. The van der Waals surface area contributed by atoms with Gasteiger partial charge in [-0.3, -0.25) is 0 Å². The molecule has 0 aliphatic carbocycles. The minimum absolute atomic E-state index is 0.0194. The highest BCUT2D eigenvalue weighted by Crippen LogP contribution is 2.50. The first kappa shape index (κ1) is 20.0. The van der Waals surface area contributed by atoms with Crippen LogP contribution in [0.2, 0.25) is 10.0 Å². The van der Waals surface area contributed by atoms with Crippen LogP contribution in [0.5, 0.6) is 17.2 Å². The number of fused-ring (bicyclic) bond motifs is 3. The number of halogens is 2. The Kier molecular flexibility index (Phi) is 5.16. The Morgan fingerprint density at radius 2 is 1.71 bits per heavy atom. The van der Waals surface area contributed by atoms with Gasteiger partial charge in [-0.05, 0) is 48.0 Å². The monoisotopic (exact) mass is 454 g/mol. The van der Waals surface area contributed by atoms with Crippen molar-refractivity contribution in [1.82, 2.24) is 5.01 Å². The molecule has 2 atom stereocenters. The largest absolute Gasteiger partial charge is 0.493 e. The minimum atomic E-state index is -0.478. The van der Waals surface area contributed by atoms with Crippen molar-refractivity contribution in [1.29, 1.82) is 0 Å². The quantitative estimate of drug-likeness (QED) is 0.466. The molecule has 2 aliphatic rings. The molecule has 0 bridgehead atoms. The van der Waals surface area contributed by atoms with Gasteiger partial charge in [-0.25, -0.2) is 5.01 Å². The smallest absolute Gasteiger partial charge is 0.217 e. The molecule has 0 saturated heterocycles. The average molecular weight is 455 g/mol. The predicted octanol–water partition coefficient (Wildman–Crippen LogP) is 6.25. The van der Waals surface area contributed by atoms with Crippen LogP contribution in [0.4, 0.5) is 0 Å². The van der Waals surface area contributed by atoms with Gasteiger partial charge < -0.3 is 14.2 Å². The molecule has 5 nitrogen and oxygen atoms in total. The molecule has 0 spiro atoms. The lowest BCUT2D eigenvalue weighted by molar-refractivity contribution is -0.0205. The highest BCUT2D eigenvalue weighted by Gasteiger charge is 2.42. The summed E-state index contributed by atoms with van der Waals surface area (Å²) in [4.78, 5) is 0. The Labute approximate surface area is 190 Å². The zero-order chi connectivity index (χ0) is 21.5. The van der Waals surface area contributed by atoms with Crippen LogP contribution in [0.15, 0.2) is 65.8 Å². The Morgan fingerprint density at radius 1 is 0.935 bits per heavy atom. The van der Waals surface area contributed by atoms with Crippen molar-refractivity contribution in [3.05, 3.63) is 87.4 Å². The second-order valence-corrected chi connectivity index (χ2v) is 8.26. The van der Waals surface area contributed by atoms with Gasteiger partial charge >= 0.3 is 0 Å². The van der Waals surface area contributed by atoms with Crippen LogP contribution in [0, 0.1) is 0 Å². The molecule has 0 saturated carbocycles. The van der Waals surface area contributed by atoms with E-state index in [0.29, 0.717) is 21.5 Å². The number of benzene rings is 3. The average Bonchev–Trinajstić information content (AvgIpc) is 3.24. The van der Waals surface area contributed by atoms with E-state index in [1.54, 1.807) is 14.2 Å². The molecule has 0 fully saturated rings. The number of rotatable bonds is 4. The molecule has 7 heteroatoms. The molecular weight excluding hydrogens is 435 g/mol. The van der Waals surface area contributed by atoms with Gasteiger partial charge in [0.15, 0.2) is 11.5 Å². The minimum Gasteiger partial charge on any atom is -0.493 e. The fraction of sp³-hybridized carbons (Fsp3) is 0.208. The third-order valence-corrected chi connectivity index (χ3v) is 6.12. The molecular formula is C24H20Cl2N2O3. The topological polar surface area (TPSA) is 43.3 Å². The molecule has 3 aromatic carbocycles. The third-order valence-electron chi connectivity index (χ3n) is 5.63. The zero-order valence-electron chi connectivity index (χ0n) is 17.0. The lowest BCUT2D eigenvalue weighted by atomic mass is 9.95. The van der Waals surface area contributed by atoms with E-state index in [4.69, 9.17) is 42.5 Å². The number of hydrogen-bond acceptors (Lipinski definition) is 5. The van der Waals surface area contributed by atoms with E-state index in [1.807, 2.05) is 65.7 Å². The van der Waals surface area contributed by atoms with Crippen LogP contribution in [-0.4, -0.2) is 24.9 Å². The number of hydrazone groups is 1. The lowest BCUT2D eigenvalue weighted by Gasteiger charge is -2.38.